The van der Waals surface area contributed by atoms with E-state index in [2.05, 4.69) is 5.32 Å². The molecule has 0 unspecified atom stereocenters. The first-order chi connectivity index (χ1) is 2.77. The highest BCUT2D eigenvalue weighted by Gasteiger charge is 2.35. The van der Waals surface area contributed by atoms with Gasteiger partial charge in [0.25, 0.3) is 0 Å². The Hall–Kier alpha value is -0.370. The Bertz CT molecular complexity index is 75.6. The molecular weight excluding hydrogens is 78.1 g/mol. The Morgan fingerprint density at radius 2 is 2.50 bits per heavy atom. The third-order valence-corrected chi connectivity index (χ3v) is 0.995. The molecule has 0 radical (unpaired) electrons. The van der Waals surface area contributed by atoms with Crippen LogP contribution in [0.15, 0.2) is 0 Å². The van der Waals surface area contributed by atoms with Gasteiger partial charge in [-0.1, -0.05) is 0 Å². The van der Waals surface area contributed by atoms with E-state index in [9.17, 15) is 4.79 Å². The maximum absolute atomic E-state index is 9.83. The second kappa shape index (κ2) is 0.819. The fourth-order valence-electron chi connectivity index (χ4n) is 0.223. The van der Waals surface area contributed by atoms with Gasteiger partial charge in [-0.3, -0.25) is 0 Å². The molecule has 1 atom stereocenters. The van der Waals surface area contributed by atoms with Gasteiger partial charge in [0.2, 0.25) is 0 Å². The van der Waals surface area contributed by atoms with Gasteiger partial charge in [-0.2, -0.15) is 0 Å². The molecule has 0 aliphatic carbocycles. The van der Waals surface area contributed by atoms with Gasteiger partial charge >= 0.3 is 0 Å². The van der Waals surface area contributed by atoms with E-state index >= 15 is 0 Å². The van der Waals surface area contributed by atoms with Crippen molar-refractivity contribution in [1.82, 2.24) is 5.32 Å². The molecule has 0 bridgehead atoms. The zero-order chi connectivity index (χ0) is 4.62. The molecule has 1 saturated heterocycles. The summed E-state index contributed by atoms with van der Waals surface area (Å²) in [6.07, 6.45) is 0.938. The lowest BCUT2D eigenvalue weighted by molar-refractivity contribution is -0.109. The molecule has 0 saturated carbocycles. The van der Waals surface area contributed by atoms with Gasteiger partial charge in [-0.25, -0.2) is 0 Å². The topological polar surface area (TPSA) is 39.0 Å². The van der Waals surface area contributed by atoms with Crippen LogP contribution in [0.4, 0.5) is 0 Å². The normalized spacial score (nSPS) is 42.2. The van der Waals surface area contributed by atoms with Gasteiger partial charge in [0.05, 0.1) is 5.54 Å². The van der Waals surface area contributed by atoms with Crippen LogP contribution in [-0.4, -0.2) is 18.4 Å². The summed E-state index contributed by atoms with van der Waals surface area (Å²) in [7, 11) is 0. The Balaban J connectivity index is 2.47. The molecule has 34 valence electrons. The SMILES string of the molecule is C[C@]1(C=O)CN1. The number of rotatable bonds is 1. The molecule has 0 aromatic carbocycles. The zero-order valence-electron chi connectivity index (χ0n) is 3.69. The smallest absolute Gasteiger partial charge is 0.141 e. The summed E-state index contributed by atoms with van der Waals surface area (Å²) in [5, 5.41) is 2.89. The molecule has 0 aromatic heterocycles. The van der Waals surface area contributed by atoms with Gasteiger partial charge in [0.15, 0.2) is 0 Å². The van der Waals surface area contributed by atoms with Crippen molar-refractivity contribution < 1.29 is 4.79 Å². The molecule has 1 heterocycles. The lowest BCUT2D eigenvalue weighted by Crippen LogP contribution is -2.09. The van der Waals surface area contributed by atoms with Crippen LogP contribution in [0.3, 0.4) is 0 Å². The molecule has 1 aliphatic rings. The van der Waals surface area contributed by atoms with Crippen molar-refractivity contribution in [2.45, 2.75) is 12.5 Å². The van der Waals surface area contributed by atoms with Crippen LogP contribution in [0, 0.1) is 0 Å². The standard InChI is InChI=1S/C4H7NO/c1-4(3-6)2-5-4/h3,5H,2H2,1H3/t4-/m1/s1. The third kappa shape index (κ3) is 0.431. The largest absolute Gasteiger partial charge is 0.302 e. The summed E-state index contributed by atoms with van der Waals surface area (Å²) < 4.78 is 0. The Labute approximate surface area is 36.5 Å². The van der Waals surface area contributed by atoms with Crippen LogP contribution in [0.1, 0.15) is 6.92 Å². The number of carbonyl (C=O) groups is 1. The van der Waals surface area contributed by atoms with E-state index in [0.717, 1.165) is 12.8 Å². The van der Waals surface area contributed by atoms with E-state index in [1.54, 1.807) is 0 Å². The average Bonchev–Trinajstić information content (AvgIpc) is 2.22. The fraction of sp³-hybridized carbons (Fsp3) is 0.750. The van der Waals surface area contributed by atoms with Gasteiger partial charge < -0.3 is 10.1 Å². The van der Waals surface area contributed by atoms with E-state index in [1.165, 1.54) is 0 Å². The highest BCUT2D eigenvalue weighted by molar-refractivity contribution is 5.68. The Kier molecular flexibility index (Phi) is 0.520. The quantitative estimate of drug-likeness (QED) is 0.346. The number of hydrogen-bond acceptors (Lipinski definition) is 2. The van der Waals surface area contributed by atoms with Gasteiger partial charge in [0.1, 0.15) is 6.29 Å². The first-order valence-electron chi connectivity index (χ1n) is 1.98. The molecular formula is C4H7NO. The molecule has 6 heavy (non-hydrogen) atoms. The van der Waals surface area contributed by atoms with E-state index in [4.69, 9.17) is 0 Å². The first kappa shape index (κ1) is 3.81. The summed E-state index contributed by atoms with van der Waals surface area (Å²) in [6.45, 7) is 2.73. The van der Waals surface area contributed by atoms with E-state index in [1.807, 2.05) is 6.92 Å². The minimum Gasteiger partial charge on any atom is -0.302 e. The van der Waals surface area contributed by atoms with Crippen LogP contribution in [0.2, 0.25) is 0 Å². The van der Waals surface area contributed by atoms with Crippen LogP contribution in [0.25, 0.3) is 0 Å². The second-order valence-corrected chi connectivity index (χ2v) is 1.89. The number of aldehydes is 1. The fourth-order valence-corrected chi connectivity index (χ4v) is 0.223. The maximum Gasteiger partial charge on any atom is 0.141 e. The summed E-state index contributed by atoms with van der Waals surface area (Å²) in [5.41, 5.74) is -0.139. The van der Waals surface area contributed by atoms with Crippen molar-refractivity contribution in [3.8, 4) is 0 Å². The Morgan fingerprint density at radius 1 is 2.00 bits per heavy atom. The average molecular weight is 85.1 g/mol. The lowest BCUT2D eigenvalue weighted by Gasteiger charge is -1.83. The van der Waals surface area contributed by atoms with Crippen molar-refractivity contribution >= 4 is 6.29 Å². The highest BCUT2D eigenvalue weighted by atomic mass is 16.1. The van der Waals surface area contributed by atoms with Gasteiger partial charge in [0, 0.05) is 6.54 Å². The molecule has 1 fully saturated rings. The van der Waals surface area contributed by atoms with Gasteiger partial charge in [-0.05, 0) is 6.92 Å². The minimum absolute atomic E-state index is 0.139. The molecule has 0 amide bonds. The van der Waals surface area contributed by atoms with E-state index in [0.29, 0.717) is 0 Å². The van der Waals surface area contributed by atoms with Crippen LogP contribution >= 0.6 is 0 Å². The van der Waals surface area contributed by atoms with E-state index < -0.39 is 0 Å². The molecule has 2 nitrogen and oxygen atoms in total. The predicted molar refractivity (Wildman–Crippen MR) is 22.5 cm³/mol. The number of hydrogen-bond donors (Lipinski definition) is 1. The Morgan fingerprint density at radius 3 is 2.50 bits per heavy atom. The predicted octanol–water partition coefficient (Wildman–Crippen LogP) is -0.453. The van der Waals surface area contributed by atoms with Crippen LogP contribution < -0.4 is 5.32 Å². The molecule has 1 aliphatic heterocycles. The second-order valence-electron chi connectivity index (χ2n) is 1.89. The third-order valence-electron chi connectivity index (χ3n) is 0.995. The molecule has 1 rings (SSSR count). The van der Waals surface area contributed by atoms with Crippen molar-refractivity contribution in [2.24, 2.45) is 0 Å². The minimum atomic E-state index is -0.139. The van der Waals surface area contributed by atoms with E-state index in [-0.39, 0.29) is 5.54 Å². The van der Waals surface area contributed by atoms with Crippen molar-refractivity contribution in [2.75, 3.05) is 6.54 Å². The maximum atomic E-state index is 9.83. The molecule has 1 N–H and O–H groups in total. The molecule has 2 heteroatoms. The summed E-state index contributed by atoms with van der Waals surface area (Å²) in [6, 6.07) is 0. The van der Waals surface area contributed by atoms with Crippen molar-refractivity contribution in [3.05, 3.63) is 0 Å². The first-order valence-corrected chi connectivity index (χ1v) is 1.98. The summed E-state index contributed by atoms with van der Waals surface area (Å²) in [5.74, 6) is 0. The monoisotopic (exact) mass is 85.1 g/mol. The van der Waals surface area contributed by atoms with Crippen LogP contribution in [0.5, 0.6) is 0 Å². The summed E-state index contributed by atoms with van der Waals surface area (Å²) in [4.78, 5) is 9.83. The summed E-state index contributed by atoms with van der Waals surface area (Å²) >= 11 is 0. The number of carbonyl (C=O) groups excluding carboxylic acids is 1. The van der Waals surface area contributed by atoms with Crippen molar-refractivity contribution in [3.63, 3.8) is 0 Å². The van der Waals surface area contributed by atoms with Crippen molar-refractivity contribution in [1.29, 1.82) is 0 Å². The number of nitrogens with one attached hydrogen (secondary N) is 1. The zero-order valence-corrected chi connectivity index (χ0v) is 3.69. The lowest BCUT2D eigenvalue weighted by atomic mass is 10.2. The highest BCUT2D eigenvalue weighted by Crippen LogP contribution is 2.09. The van der Waals surface area contributed by atoms with Gasteiger partial charge in [-0.15, -0.1) is 0 Å². The van der Waals surface area contributed by atoms with Crippen LogP contribution in [-0.2, 0) is 4.79 Å². The molecule has 0 aromatic rings. The molecule has 0 spiro atoms.